The van der Waals surface area contributed by atoms with E-state index in [0.29, 0.717) is 5.56 Å². The van der Waals surface area contributed by atoms with E-state index >= 15 is 0 Å². The van der Waals surface area contributed by atoms with Crippen molar-refractivity contribution in [2.75, 3.05) is 12.9 Å². The lowest BCUT2D eigenvalue weighted by Gasteiger charge is -2.04. The van der Waals surface area contributed by atoms with Crippen LogP contribution < -0.4 is 0 Å². The predicted molar refractivity (Wildman–Crippen MR) is 62.3 cm³/mol. The molecule has 0 aromatic heterocycles. The molecule has 0 spiro atoms. The van der Waals surface area contributed by atoms with E-state index in [1.807, 2.05) is 0 Å². The molecule has 0 saturated carbocycles. The molecule has 0 amide bonds. The minimum Gasteiger partial charge on any atom is -0.468 e. The van der Waals surface area contributed by atoms with Crippen molar-refractivity contribution in [1.29, 1.82) is 0 Å². The molecule has 5 heteroatoms. The molecule has 1 rings (SSSR count). The molecule has 0 bridgehead atoms. The highest BCUT2D eigenvalue weighted by Gasteiger charge is 2.06. The number of aldehydes is 1. The second-order valence-corrected chi connectivity index (χ2v) is 4.60. The first-order valence-corrected chi connectivity index (χ1v) is 5.89. The van der Waals surface area contributed by atoms with Crippen molar-refractivity contribution in [3.05, 3.63) is 28.2 Å². The number of esters is 1. The van der Waals surface area contributed by atoms with Gasteiger partial charge in [-0.1, -0.05) is 15.9 Å². The second-order valence-electron chi connectivity index (χ2n) is 2.66. The highest BCUT2D eigenvalue weighted by atomic mass is 79.9. The Labute approximate surface area is 100 Å². The van der Waals surface area contributed by atoms with Crippen molar-refractivity contribution in [1.82, 2.24) is 0 Å². The fourth-order valence-corrected chi connectivity index (χ4v) is 2.32. The van der Waals surface area contributed by atoms with Gasteiger partial charge < -0.3 is 4.74 Å². The summed E-state index contributed by atoms with van der Waals surface area (Å²) in [5, 5.41) is 0. The molecule has 0 fully saturated rings. The summed E-state index contributed by atoms with van der Waals surface area (Å²) in [6.45, 7) is 0. The molecule has 0 radical (unpaired) electrons. The molecule has 80 valence electrons. The summed E-state index contributed by atoms with van der Waals surface area (Å²) in [4.78, 5) is 22.4. The number of hydrogen-bond donors (Lipinski definition) is 0. The molecule has 0 unspecified atom stereocenters. The zero-order chi connectivity index (χ0) is 11.3. The standard InChI is InChI=1S/C10H9BrO3S/c1-14-10(13)6-15-9-4-8(11)3-2-7(9)5-12/h2-5H,6H2,1H3. The molecular weight excluding hydrogens is 280 g/mol. The minimum absolute atomic E-state index is 0.202. The molecule has 0 saturated heterocycles. The van der Waals surface area contributed by atoms with Crippen LogP contribution in [0, 0.1) is 0 Å². The van der Waals surface area contributed by atoms with Crippen molar-refractivity contribution >= 4 is 39.9 Å². The molecule has 0 aliphatic rings. The first-order valence-electron chi connectivity index (χ1n) is 4.11. The van der Waals surface area contributed by atoms with E-state index < -0.39 is 0 Å². The lowest BCUT2D eigenvalue weighted by atomic mass is 10.2. The van der Waals surface area contributed by atoms with Gasteiger partial charge in [0.2, 0.25) is 0 Å². The quantitative estimate of drug-likeness (QED) is 0.485. The Morgan fingerprint density at radius 1 is 1.60 bits per heavy atom. The Bertz CT molecular complexity index is 379. The molecule has 0 aliphatic carbocycles. The number of halogens is 1. The van der Waals surface area contributed by atoms with Crippen molar-refractivity contribution in [3.63, 3.8) is 0 Å². The summed E-state index contributed by atoms with van der Waals surface area (Å²) in [5.41, 5.74) is 0.576. The van der Waals surface area contributed by atoms with Gasteiger partial charge in [-0.3, -0.25) is 9.59 Å². The summed E-state index contributed by atoms with van der Waals surface area (Å²) < 4.78 is 5.39. The molecular formula is C10H9BrO3S. The lowest BCUT2D eigenvalue weighted by Crippen LogP contribution is -2.03. The van der Waals surface area contributed by atoms with Gasteiger partial charge in [-0.25, -0.2) is 0 Å². The maximum Gasteiger partial charge on any atom is 0.315 e. The number of carbonyl (C=O) groups is 2. The number of ether oxygens (including phenoxy) is 1. The van der Waals surface area contributed by atoms with Gasteiger partial charge in [-0.2, -0.15) is 0 Å². The molecule has 0 aliphatic heterocycles. The summed E-state index contributed by atoms with van der Waals surface area (Å²) in [5.74, 6) is -0.106. The average molecular weight is 289 g/mol. The zero-order valence-corrected chi connectivity index (χ0v) is 10.4. The third-order valence-corrected chi connectivity index (χ3v) is 3.21. The van der Waals surface area contributed by atoms with Gasteiger partial charge in [0, 0.05) is 14.9 Å². The zero-order valence-electron chi connectivity index (χ0n) is 8.03. The summed E-state index contributed by atoms with van der Waals surface area (Å²) in [7, 11) is 1.34. The fourth-order valence-electron chi connectivity index (χ4n) is 0.926. The summed E-state index contributed by atoms with van der Waals surface area (Å²) >= 11 is 4.59. The SMILES string of the molecule is COC(=O)CSc1cc(Br)ccc1C=O. The Hall–Kier alpha value is -0.810. The smallest absolute Gasteiger partial charge is 0.315 e. The first kappa shape index (κ1) is 12.3. The third kappa shape index (κ3) is 3.68. The first-order chi connectivity index (χ1) is 7.17. The number of rotatable bonds is 4. The van der Waals surface area contributed by atoms with E-state index in [9.17, 15) is 9.59 Å². The van der Waals surface area contributed by atoms with E-state index in [1.54, 1.807) is 18.2 Å². The van der Waals surface area contributed by atoms with Crippen molar-refractivity contribution in [3.8, 4) is 0 Å². The topological polar surface area (TPSA) is 43.4 Å². The van der Waals surface area contributed by atoms with Crippen molar-refractivity contribution < 1.29 is 14.3 Å². The van der Waals surface area contributed by atoms with Crippen LogP contribution in [0.3, 0.4) is 0 Å². The lowest BCUT2D eigenvalue weighted by molar-refractivity contribution is -0.137. The highest BCUT2D eigenvalue weighted by Crippen LogP contribution is 2.25. The van der Waals surface area contributed by atoms with Gasteiger partial charge in [-0.15, -0.1) is 11.8 Å². The molecule has 3 nitrogen and oxygen atoms in total. The maximum absolute atomic E-state index is 10.9. The maximum atomic E-state index is 10.9. The van der Waals surface area contributed by atoms with E-state index in [0.717, 1.165) is 15.7 Å². The fraction of sp³-hybridized carbons (Fsp3) is 0.200. The minimum atomic E-state index is -0.308. The van der Waals surface area contributed by atoms with E-state index in [4.69, 9.17) is 0 Å². The van der Waals surface area contributed by atoms with E-state index in [2.05, 4.69) is 20.7 Å². The monoisotopic (exact) mass is 288 g/mol. The van der Waals surface area contributed by atoms with Gasteiger partial charge in [0.05, 0.1) is 12.9 Å². The van der Waals surface area contributed by atoms with Gasteiger partial charge in [0.25, 0.3) is 0 Å². The number of thioether (sulfide) groups is 1. The van der Waals surface area contributed by atoms with Gasteiger partial charge in [0.1, 0.15) is 0 Å². The molecule has 1 aromatic rings. The van der Waals surface area contributed by atoms with Crippen molar-refractivity contribution in [2.45, 2.75) is 4.90 Å². The van der Waals surface area contributed by atoms with Crippen molar-refractivity contribution in [2.24, 2.45) is 0 Å². The Morgan fingerprint density at radius 3 is 2.93 bits per heavy atom. The highest BCUT2D eigenvalue weighted by molar-refractivity contribution is 9.10. The molecule has 15 heavy (non-hydrogen) atoms. The van der Waals surface area contributed by atoms with Crippen LogP contribution in [-0.4, -0.2) is 25.1 Å². The summed E-state index contributed by atoms with van der Waals surface area (Å²) in [6, 6.07) is 5.29. The van der Waals surface area contributed by atoms with E-state index in [-0.39, 0.29) is 11.7 Å². The molecule has 0 N–H and O–H groups in total. The molecule has 0 heterocycles. The molecule has 1 aromatic carbocycles. The van der Waals surface area contributed by atoms with Gasteiger partial charge in [0.15, 0.2) is 6.29 Å². The van der Waals surface area contributed by atoms with Crippen LogP contribution in [-0.2, 0) is 9.53 Å². The predicted octanol–water partition coefficient (Wildman–Crippen LogP) is 2.53. The van der Waals surface area contributed by atoms with E-state index in [1.165, 1.54) is 18.9 Å². The Balaban J connectivity index is 2.78. The van der Waals surface area contributed by atoms with Crippen LogP contribution in [0.5, 0.6) is 0 Å². The molecule has 0 atom stereocenters. The number of hydrogen-bond acceptors (Lipinski definition) is 4. The third-order valence-electron chi connectivity index (χ3n) is 1.68. The van der Waals surface area contributed by atoms with Crippen LogP contribution in [0.15, 0.2) is 27.6 Å². The summed E-state index contributed by atoms with van der Waals surface area (Å²) in [6.07, 6.45) is 0.770. The Morgan fingerprint density at radius 2 is 2.33 bits per heavy atom. The largest absolute Gasteiger partial charge is 0.468 e. The number of benzene rings is 1. The average Bonchev–Trinajstić information content (AvgIpc) is 2.26. The van der Waals surface area contributed by atoms with Crippen LogP contribution >= 0.6 is 27.7 Å². The van der Waals surface area contributed by atoms with Gasteiger partial charge in [-0.05, 0) is 18.2 Å². The Kier molecular flexibility index (Phi) is 4.84. The normalized spacial score (nSPS) is 9.73. The second kappa shape index (κ2) is 5.92. The van der Waals surface area contributed by atoms with Crippen LogP contribution in [0.25, 0.3) is 0 Å². The number of carbonyl (C=O) groups excluding carboxylic acids is 2. The van der Waals surface area contributed by atoms with Crippen LogP contribution in [0.2, 0.25) is 0 Å². The van der Waals surface area contributed by atoms with Gasteiger partial charge >= 0.3 is 5.97 Å². The van der Waals surface area contributed by atoms with Crippen LogP contribution in [0.4, 0.5) is 0 Å². The van der Waals surface area contributed by atoms with Crippen LogP contribution in [0.1, 0.15) is 10.4 Å². The number of methoxy groups -OCH3 is 1.